The van der Waals surface area contributed by atoms with Gasteiger partial charge in [0.15, 0.2) is 11.4 Å². The number of benzene rings is 3. The quantitative estimate of drug-likeness (QED) is 0.198. The second-order valence-electron chi connectivity index (χ2n) is 10.8. The zero-order valence-corrected chi connectivity index (χ0v) is 23.5. The molecule has 4 atom stereocenters. The van der Waals surface area contributed by atoms with E-state index in [1.165, 1.54) is 6.33 Å². The molecule has 2 fully saturated rings. The molecule has 0 spiro atoms. The van der Waals surface area contributed by atoms with Crippen molar-refractivity contribution in [2.45, 2.75) is 49.7 Å². The number of rotatable bonds is 7. The minimum absolute atomic E-state index is 0.257. The lowest BCUT2D eigenvalue weighted by Crippen LogP contribution is -2.39. The number of H-pyrrole nitrogens is 1. The fraction of sp³-hybridized carbons (Fsp3) is 0.281. The van der Waals surface area contributed by atoms with E-state index in [0.29, 0.717) is 10.4 Å². The van der Waals surface area contributed by atoms with Crippen molar-refractivity contribution in [2.75, 3.05) is 6.61 Å². The van der Waals surface area contributed by atoms with Crippen molar-refractivity contribution in [1.29, 1.82) is 0 Å². The second-order valence-corrected chi connectivity index (χ2v) is 11.2. The van der Waals surface area contributed by atoms with E-state index in [2.05, 4.69) is 51.5 Å². The van der Waals surface area contributed by atoms with Gasteiger partial charge in [-0.2, -0.15) is 0 Å². The molecule has 8 nitrogen and oxygen atoms in total. The highest BCUT2D eigenvalue weighted by atomic mass is 32.1. The fourth-order valence-electron chi connectivity index (χ4n) is 6.11. The monoisotopic (exact) mass is 566 g/mol. The third kappa shape index (κ3) is 4.50. The van der Waals surface area contributed by atoms with Crippen LogP contribution in [0.3, 0.4) is 0 Å². The first-order valence-corrected chi connectivity index (χ1v) is 14.1. The van der Waals surface area contributed by atoms with Gasteiger partial charge in [0.1, 0.15) is 36.3 Å². The van der Waals surface area contributed by atoms with Crippen molar-refractivity contribution in [3.05, 3.63) is 131 Å². The van der Waals surface area contributed by atoms with E-state index in [-0.39, 0.29) is 18.8 Å². The number of nitrogens with one attached hydrogen (secondary N) is 1. The Bertz CT molecular complexity index is 1610. The van der Waals surface area contributed by atoms with Crippen LogP contribution in [0.5, 0.6) is 0 Å². The fourth-order valence-corrected chi connectivity index (χ4v) is 6.30. The van der Waals surface area contributed by atoms with Crippen LogP contribution in [0, 0.1) is 4.77 Å². The van der Waals surface area contributed by atoms with Crippen molar-refractivity contribution in [3.63, 3.8) is 0 Å². The second kappa shape index (κ2) is 10.3. The first-order valence-electron chi connectivity index (χ1n) is 13.7. The lowest BCUT2D eigenvalue weighted by molar-refractivity contribution is -0.196. The summed E-state index contributed by atoms with van der Waals surface area (Å²) in [5.74, 6) is -0.775. The maximum atomic E-state index is 7.10. The van der Waals surface area contributed by atoms with Crippen LogP contribution in [-0.2, 0) is 24.5 Å². The number of nitrogens with zero attached hydrogens (tertiary/aromatic N) is 3. The van der Waals surface area contributed by atoms with Gasteiger partial charge < -0.3 is 18.9 Å². The SMILES string of the molecule is CC1(C)O[C@@H]2[C@H](O1)[C@@H](COC(c1ccccc1)(c1ccccc1)c1ccccc1)O[C@@H]2c1c[nH]n2c(=S)ncnc12. The molecule has 0 saturated carbocycles. The molecule has 9 heteroatoms. The van der Waals surface area contributed by atoms with Gasteiger partial charge in [-0.1, -0.05) is 91.0 Å². The molecule has 41 heavy (non-hydrogen) atoms. The van der Waals surface area contributed by atoms with Crippen molar-refractivity contribution < 1.29 is 18.9 Å². The molecule has 0 aliphatic carbocycles. The number of ether oxygens (including phenoxy) is 4. The number of fused-ring (bicyclic) bond motifs is 2. The van der Waals surface area contributed by atoms with Gasteiger partial charge in [-0.3, -0.25) is 5.10 Å². The Balaban J connectivity index is 1.29. The summed E-state index contributed by atoms with van der Waals surface area (Å²) in [6, 6.07) is 30.9. The molecule has 2 aromatic heterocycles. The van der Waals surface area contributed by atoms with Gasteiger partial charge in [-0.05, 0) is 42.8 Å². The first kappa shape index (κ1) is 26.2. The smallest absolute Gasteiger partial charge is 0.222 e. The van der Waals surface area contributed by atoms with Crippen molar-refractivity contribution in [3.8, 4) is 0 Å². The number of aromatic amines is 1. The molecule has 2 aliphatic heterocycles. The van der Waals surface area contributed by atoms with Crippen LogP contribution in [0.15, 0.2) is 104 Å². The average Bonchev–Trinajstić information content (AvgIpc) is 3.67. The van der Waals surface area contributed by atoms with Gasteiger partial charge in [0, 0.05) is 11.8 Å². The summed E-state index contributed by atoms with van der Waals surface area (Å²) < 4.78 is 28.7. The Morgan fingerprint density at radius 2 is 1.41 bits per heavy atom. The van der Waals surface area contributed by atoms with Crippen LogP contribution in [0.25, 0.3) is 5.65 Å². The molecule has 0 amide bonds. The molecule has 7 rings (SSSR count). The zero-order valence-electron chi connectivity index (χ0n) is 22.7. The summed E-state index contributed by atoms with van der Waals surface area (Å²) in [5.41, 5.74) is 3.67. The molecule has 1 N–H and O–H groups in total. The van der Waals surface area contributed by atoms with Gasteiger partial charge in [-0.15, -0.1) is 0 Å². The van der Waals surface area contributed by atoms with E-state index in [1.54, 1.807) is 4.52 Å². The number of hydrogen-bond donors (Lipinski definition) is 1. The Labute approximate surface area is 242 Å². The molecular weight excluding hydrogens is 536 g/mol. The molecule has 0 radical (unpaired) electrons. The highest BCUT2D eigenvalue weighted by Gasteiger charge is 2.56. The van der Waals surface area contributed by atoms with Gasteiger partial charge in [0.2, 0.25) is 4.77 Å². The van der Waals surface area contributed by atoms with E-state index >= 15 is 0 Å². The Hall–Kier alpha value is -3.73. The summed E-state index contributed by atoms with van der Waals surface area (Å²) in [4.78, 5) is 8.59. The summed E-state index contributed by atoms with van der Waals surface area (Å²) >= 11 is 5.38. The third-order valence-electron chi connectivity index (χ3n) is 7.82. The lowest BCUT2D eigenvalue weighted by atomic mass is 9.80. The third-order valence-corrected chi connectivity index (χ3v) is 8.11. The minimum atomic E-state index is -0.878. The molecule has 0 bridgehead atoms. The standard InChI is InChI=1S/C32H30N4O4S/c1-31(2)39-27-25(38-26(28(27)40-31)24-18-35-36-29(24)33-20-34-30(36)41)19-37-32(21-12-6-3-7-13-21,22-14-8-4-9-15-22)23-16-10-5-11-17-23/h3-18,20,25-28,35H,19H2,1-2H3/t25-,26-,27-,28+/m1/s1. The zero-order chi connectivity index (χ0) is 28.0. The topological polar surface area (TPSA) is 82.9 Å². The normalized spacial score (nSPS) is 23.6. The summed E-state index contributed by atoms with van der Waals surface area (Å²) in [6.07, 6.45) is 1.74. The van der Waals surface area contributed by atoms with Crippen LogP contribution in [-0.4, -0.2) is 50.3 Å². The highest BCUT2D eigenvalue weighted by Crippen LogP contribution is 2.47. The van der Waals surface area contributed by atoms with Crippen molar-refractivity contribution in [1.82, 2.24) is 19.6 Å². The Morgan fingerprint density at radius 3 is 2.00 bits per heavy atom. The van der Waals surface area contributed by atoms with E-state index < -0.39 is 23.6 Å². The van der Waals surface area contributed by atoms with Crippen LogP contribution < -0.4 is 0 Å². The Kier molecular flexibility index (Phi) is 6.56. The molecule has 2 aliphatic rings. The largest absolute Gasteiger partial charge is 0.362 e. The lowest BCUT2D eigenvalue weighted by Gasteiger charge is -2.37. The van der Waals surface area contributed by atoms with Crippen LogP contribution >= 0.6 is 12.2 Å². The minimum Gasteiger partial charge on any atom is -0.362 e. The predicted molar refractivity (Wildman–Crippen MR) is 155 cm³/mol. The van der Waals surface area contributed by atoms with Gasteiger partial charge in [0.25, 0.3) is 0 Å². The van der Waals surface area contributed by atoms with E-state index in [9.17, 15) is 0 Å². The van der Waals surface area contributed by atoms with E-state index in [4.69, 9.17) is 31.2 Å². The van der Waals surface area contributed by atoms with Crippen LogP contribution in [0.2, 0.25) is 0 Å². The van der Waals surface area contributed by atoms with Crippen LogP contribution in [0.4, 0.5) is 0 Å². The first-order chi connectivity index (χ1) is 20.0. The summed E-state index contributed by atoms with van der Waals surface area (Å²) in [6.45, 7) is 4.11. The maximum Gasteiger partial charge on any atom is 0.222 e. The predicted octanol–water partition coefficient (Wildman–Crippen LogP) is 5.76. The molecule has 208 valence electrons. The molecule has 3 aromatic carbocycles. The number of aromatic nitrogens is 4. The van der Waals surface area contributed by atoms with Crippen molar-refractivity contribution in [2.24, 2.45) is 0 Å². The van der Waals surface area contributed by atoms with Crippen molar-refractivity contribution >= 4 is 17.9 Å². The number of hydrogen-bond acceptors (Lipinski definition) is 7. The van der Waals surface area contributed by atoms with Gasteiger partial charge in [0.05, 0.1) is 6.61 Å². The van der Waals surface area contributed by atoms with Gasteiger partial charge in [-0.25, -0.2) is 14.5 Å². The van der Waals surface area contributed by atoms with E-state index in [0.717, 1.165) is 22.3 Å². The summed E-state index contributed by atoms with van der Waals surface area (Å²) in [7, 11) is 0. The van der Waals surface area contributed by atoms with E-state index in [1.807, 2.05) is 74.6 Å². The molecule has 2 saturated heterocycles. The summed E-state index contributed by atoms with van der Waals surface area (Å²) in [5, 5.41) is 3.15. The average molecular weight is 567 g/mol. The molecular formula is C32H30N4O4S. The molecule has 0 unspecified atom stereocenters. The van der Waals surface area contributed by atoms with Crippen LogP contribution in [0.1, 0.15) is 42.2 Å². The molecule has 5 aromatic rings. The highest BCUT2D eigenvalue weighted by molar-refractivity contribution is 7.71. The molecule has 4 heterocycles. The Morgan fingerprint density at radius 1 is 0.854 bits per heavy atom. The maximum absolute atomic E-state index is 7.10. The van der Waals surface area contributed by atoms with Gasteiger partial charge >= 0.3 is 0 Å².